The first kappa shape index (κ1) is 13.7. The molecule has 0 fully saturated rings. The Hall–Kier alpha value is -2.75. The maximum Gasteiger partial charge on any atom is 0.268 e. The van der Waals surface area contributed by atoms with Crippen LogP contribution in [0.15, 0.2) is 18.2 Å². The van der Waals surface area contributed by atoms with Crippen LogP contribution in [0.5, 0.6) is 5.75 Å². The number of rotatable bonds is 3. The van der Waals surface area contributed by atoms with E-state index in [1.165, 1.54) is 4.90 Å². The zero-order valence-corrected chi connectivity index (χ0v) is 10.9. The second-order valence-corrected chi connectivity index (χ2v) is 4.35. The highest BCUT2D eigenvalue weighted by atomic mass is 16.5. The number of nitriles is 1. The molecular formula is C13H14N4O3. The van der Waals surface area contributed by atoms with Crippen molar-refractivity contribution < 1.29 is 14.3 Å². The van der Waals surface area contributed by atoms with Gasteiger partial charge in [-0.2, -0.15) is 5.26 Å². The van der Waals surface area contributed by atoms with E-state index in [-0.39, 0.29) is 19.0 Å². The number of nitrogens with zero attached hydrogens (tertiary/aromatic N) is 2. The number of hydrogen-bond donors (Lipinski definition) is 2. The lowest BCUT2D eigenvalue weighted by molar-refractivity contribution is -0.128. The van der Waals surface area contributed by atoms with E-state index >= 15 is 0 Å². The number of benzene rings is 1. The summed E-state index contributed by atoms with van der Waals surface area (Å²) < 4.78 is 5.46. The molecule has 0 saturated heterocycles. The minimum Gasteiger partial charge on any atom is -0.479 e. The van der Waals surface area contributed by atoms with Gasteiger partial charge in [0.2, 0.25) is 5.91 Å². The summed E-state index contributed by atoms with van der Waals surface area (Å²) in [4.78, 5) is 25.1. The molecule has 104 valence electrons. The van der Waals surface area contributed by atoms with Crippen molar-refractivity contribution >= 4 is 23.2 Å². The maximum atomic E-state index is 12.1. The normalized spacial score (nSPS) is 16.9. The van der Waals surface area contributed by atoms with Gasteiger partial charge in [0.05, 0.1) is 11.8 Å². The summed E-state index contributed by atoms with van der Waals surface area (Å²) >= 11 is 0. The van der Waals surface area contributed by atoms with Gasteiger partial charge in [0.25, 0.3) is 5.91 Å². The fourth-order valence-corrected chi connectivity index (χ4v) is 1.93. The molecule has 1 unspecified atom stereocenters. The van der Waals surface area contributed by atoms with E-state index in [2.05, 4.69) is 5.32 Å². The van der Waals surface area contributed by atoms with Crippen molar-refractivity contribution in [1.29, 1.82) is 5.26 Å². The standard InChI is InChI=1S/C13H14N4O3/c1-8-13(19)17(7-12(18)16-5-4-14)10-3-2-9(15)6-11(10)20-8/h2-3,6,8H,5,7,15H2,1H3,(H,16,18). The van der Waals surface area contributed by atoms with Crippen LogP contribution in [0.4, 0.5) is 11.4 Å². The predicted octanol–water partition coefficient (Wildman–Crippen LogP) is 0.0225. The van der Waals surface area contributed by atoms with E-state index < -0.39 is 12.0 Å². The molecule has 2 amide bonds. The minimum absolute atomic E-state index is 0.0957. The van der Waals surface area contributed by atoms with E-state index in [1.807, 2.05) is 0 Å². The number of ether oxygens (including phenoxy) is 1. The Bertz CT molecular complexity index is 594. The van der Waals surface area contributed by atoms with Gasteiger partial charge in [0.1, 0.15) is 18.8 Å². The second kappa shape index (κ2) is 5.48. The lowest BCUT2D eigenvalue weighted by Crippen LogP contribution is -2.48. The molecule has 7 nitrogen and oxygen atoms in total. The van der Waals surface area contributed by atoms with Crippen molar-refractivity contribution in [2.45, 2.75) is 13.0 Å². The Balaban J connectivity index is 2.25. The van der Waals surface area contributed by atoms with Crippen molar-refractivity contribution in [2.75, 3.05) is 23.7 Å². The van der Waals surface area contributed by atoms with Gasteiger partial charge in [-0.15, -0.1) is 0 Å². The van der Waals surface area contributed by atoms with Crippen molar-refractivity contribution in [1.82, 2.24) is 5.32 Å². The van der Waals surface area contributed by atoms with Gasteiger partial charge in [-0.3, -0.25) is 14.5 Å². The van der Waals surface area contributed by atoms with Gasteiger partial charge in [-0.25, -0.2) is 0 Å². The van der Waals surface area contributed by atoms with Crippen molar-refractivity contribution in [3.05, 3.63) is 18.2 Å². The van der Waals surface area contributed by atoms with Crippen LogP contribution in [0, 0.1) is 11.3 Å². The van der Waals surface area contributed by atoms with Gasteiger partial charge in [-0.1, -0.05) is 0 Å². The molecule has 1 aromatic carbocycles. The summed E-state index contributed by atoms with van der Waals surface area (Å²) in [6.45, 7) is 1.35. The lowest BCUT2D eigenvalue weighted by Gasteiger charge is -2.32. The largest absolute Gasteiger partial charge is 0.479 e. The molecular weight excluding hydrogens is 260 g/mol. The molecule has 7 heteroatoms. The van der Waals surface area contributed by atoms with Gasteiger partial charge in [0.15, 0.2) is 6.10 Å². The van der Waals surface area contributed by atoms with Crippen molar-refractivity contribution in [2.24, 2.45) is 0 Å². The van der Waals surface area contributed by atoms with Gasteiger partial charge in [-0.05, 0) is 19.1 Å². The van der Waals surface area contributed by atoms with Crippen LogP contribution in [0.1, 0.15) is 6.92 Å². The van der Waals surface area contributed by atoms with E-state index in [9.17, 15) is 9.59 Å². The Labute approximate surface area is 115 Å². The Morgan fingerprint density at radius 1 is 1.60 bits per heavy atom. The Morgan fingerprint density at radius 3 is 3.05 bits per heavy atom. The predicted molar refractivity (Wildman–Crippen MR) is 71.9 cm³/mol. The molecule has 3 N–H and O–H groups in total. The smallest absolute Gasteiger partial charge is 0.268 e. The molecule has 1 aliphatic heterocycles. The van der Waals surface area contributed by atoms with Crippen LogP contribution in [0.25, 0.3) is 0 Å². The highest BCUT2D eigenvalue weighted by Crippen LogP contribution is 2.35. The molecule has 2 rings (SSSR count). The van der Waals surface area contributed by atoms with Crippen LogP contribution in [0.3, 0.4) is 0 Å². The molecule has 0 spiro atoms. The van der Waals surface area contributed by atoms with E-state index in [4.69, 9.17) is 15.7 Å². The summed E-state index contributed by atoms with van der Waals surface area (Å²) in [5.41, 5.74) is 6.68. The van der Waals surface area contributed by atoms with Crippen LogP contribution in [-0.4, -0.2) is 31.0 Å². The number of amides is 2. The number of anilines is 2. The third kappa shape index (κ3) is 2.64. The summed E-state index contributed by atoms with van der Waals surface area (Å²) in [5.74, 6) is -0.253. The number of hydrogen-bond acceptors (Lipinski definition) is 5. The molecule has 20 heavy (non-hydrogen) atoms. The molecule has 1 atom stereocenters. The number of nitrogen functional groups attached to an aromatic ring is 1. The first-order valence-electron chi connectivity index (χ1n) is 6.04. The van der Waals surface area contributed by atoms with Gasteiger partial charge < -0.3 is 15.8 Å². The first-order valence-corrected chi connectivity index (χ1v) is 6.04. The van der Waals surface area contributed by atoms with Crippen LogP contribution in [-0.2, 0) is 9.59 Å². The molecule has 0 saturated carbocycles. The Morgan fingerprint density at radius 2 is 2.35 bits per heavy atom. The van der Waals surface area contributed by atoms with E-state index in [1.54, 1.807) is 31.2 Å². The summed E-state index contributed by atoms with van der Waals surface area (Å²) in [5, 5.41) is 10.8. The number of fused-ring (bicyclic) bond motifs is 1. The highest BCUT2D eigenvalue weighted by Gasteiger charge is 2.32. The number of nitrogens with one attached hydrogen (secondary N) is 1. The SMILES string of the molecule is CC1Oc2cc(N)ccc2N(CC(=O)NCC#N)C1=O. The molecule has 0 bridgehead atoms. The third-order valence-electron chi connectivity index (χ3n) is 2.86. The average molecular weight is 274 g/mol. The summed E-state index contributed by atoms with van der Waals surface area (Å²) in [6, 6.07) is 6.68. The fourth-order valence-electron chi connectivity index (χ4n) is 1.93. The molecule has 1 aliphatic rings. The van der Waals surface area contributed by atoms with Crippen molar-refractivity contribution in [3.8, 4) is 11.8 Å². The van der Waals surface area contributed by atoms with E-state index in [0.29, 0.717) is 17.1 Å². The molecule has 1 aromatic rings. The maximum absolute atomic E-state index is 12.1. The van der Waals surface area contributed by atoms with Gasteiger partial charge in [0, 0.05) is 11.8 Å². The van der Waals surface area contributed by atoms with Crippen LogP contribution >= 0.6 is 0 Å². The topological polar surface area (TPSA) is 108 Å². The zero-order chi connectivity index (χ0) is 14.7. The highest BCUT2D eigenvalue weighted by molar-refractivity contribution is 6.03. The minimum atomic E-state index is -0.687. The third-order valence-corrected chi connectivity index (χ3v) is 2.86. The first-order chi connectivity index (χ1) is 9.52. The van der Waals surface area contributed by atoms with E-state index in [0.717, 1.165) is 0 Å². The summed E-state index contributed by atoms with van der Waals surface area (Å²) in [6.07, 6.45) is -0.687. The number of carbonyl (C=O) groups is 2. The second-order valence-electron chi connectivity index (χ2n) is 4.35. The molecule has 0 aliphatic carbocycles. The monoisotopic (exact) mass is 274 g/mol. The van der Waals surface area contributed by atoms with Crippen LogP contribution in [0.2, 0.25) is 0 Å². The summed E-state index contributed by atoms with van der Waals surface area (Å²) in [7, 11) is 0. The zero-order valence-electron chi connectivity index (χ0n) is 10.9. The number of carbonyl (C=O) groups excluding carboxylic acids is 2. The molecule has 1 heterocycles. The average Bonchev–Trinajstić information content (AvgIpc) is 2.41. The van der Waals surface area contributed by atoms with Gasteiger partial charge >= 0.3 is 0 Å². The van der Waals surface area contributed by atoms with Crippen molar-refractivity contribution in [3.63, 3.8) is 0 Å². The van der Waals surface area contributed by atoms with Crippen LogP contribution < -0.4 is 20.7 Å². The lowest BCUT2D eigenvalue weighted by atomic mass is 10.1. The molecule has 0 radical (unpaired) electrons. The molecule has 0 aromatic heterocycles. The fraction of sp³-hybridized carbons (Fsp3) is 0.308. The Kier molecular flexibility index (Phi) is 3.75. The quantitative estimate of drug-likeness (QED) is 0.596. The number of nitrogens with two attached hydrogens (primary N) is 1.